The highest BCUT2D eigenvalue weighted by Crippen LogP contribution is 2.10. The molecule has 6 heteroatoms. The molecule has 0 unspecified atom stereocenters. The SMILES string of the molecule is CCCC(=O)NN(CC(C)C)c1ccnc(C#N)n1. The van der Waals surface area contributed by atoms with Gasteiger partial charge in [-0.25, -0.2) is 4.98 Å². The van der Waals surface area contributed by atoms with Crippen molar-refractivity contribution >= 4 is 11.7 Å². The molecule has 0 saturated carbocycles. The van der Waals surface area contributed by atoms with E-state index < -0.39 is 0 Å². The second kappa shape index (κ2) is 7.31. The number of nitrogens with zero attached hydrogens (tertiary/aromatic N) is 4. The summed E-state index contributed by atoms with van der Waals surface area (Å²) in [6, 6.07) is 3.57. The van der Waals surface area contributed by atoms with Gasteiger partial charge in [0.1, 0.15) is 6.07 Å². The fraction of sp³-hybridized carbons (Fsp3) is 0.538. The number of rotatable bonds is 6. The fourth-order valence-corrected chi connectivity index (χ4v) is 1.55. The lowest BCUT2D eigenvalue weighted by Gasteiger charge is -2.25. The number of hydrogen-bond acceptors (Lipinski definition) is 5. The van der Waals surface area contributed by atoms with Gasteiger partial charge in [0.25, 0.3) is 0 Å². The molecule has 0 bridgehead atoms. The highest BCUT2D eigenvalue weighted by atomic mass is 16.2. The average Bonchev–Trinajstić information content (AvgIpc) is 2.38. The van der Waals surface area contributed by atoms with Crippen LogP contribution in [0.5, 0.6) is 0 Å². The van der Waals surface area contributed by atoms with E-state index in [1.54, 1.807) is 11.1 Å². The molecule has 19 heavy (non-hydrogen) atoms. The Balaban J connectivity index is 2.89. The number of nitrogens with one attached hydrogen (secondary N) is 1. The van der Waals surface area contributed by atoms with Crippen molar-refractivity contribution in [2.75, 3.05) is 11.6 Å². The smallest absolute Gasteiger partial charge is 0.238 e. The Morgan fingerprint density at radius 2 is 2.32 bits per heavy atom. The van der Waals surface area contributed by atoms with Crippen molar-refractivity contribution in [3.8, 4) is 6.07 Å². The van der Waals surface area contributed by atoms with Gasteiger partial charge in [0.15, 0.2) is 5.82 Å². The van der Waals surface area contributed by atoms with Gasteiger partial charge in [-0.3, -0.25) is 15.2 Å². The monoisotopic (exact) mass is 261 g/mol. The van der Waals surface area contributed by atoms with Crippen LogP contribution in [0.2, 0.25) is 0 Å². The highest BCUT2D eigenvalue weighted by Gasteiger charge is 2.13. The minimum Gasteiger partial charge on any atom is -0.273 e. The first-order chi connectivity index (χ1) is 9.06. The van der Waals surface area contributed by atoms with E-state index in [-0.39, 0.29) is 11.7 Å². The van der Waals surface area contributed by atoms with Gasteiger partial charge in [-0.2, -0.15) is 10.2 Å². The summed E-state index contributed by atoms with van der Waals surface area (Å²) in [5.74, 6) is 0.920. The summed E-state index contributed by atoms with van der Waals surface area (Å²) in [4.78, 5) is 19.6. The number of hydrogen-bond donors (Lipinski definition) is 1. The van der Waals surface area contributed by atoms with Crippen molar-refractivity contribution in [2.24, 2.45) is 5.92 Å². The van der Waals surface area contributed by atoms with Crippen LogP contribution in [-0.2, 0) is 4.79 Å². The summed E-state index contributed by atoms with van der Waals surface area (Å²) in [5, 5.41) is 10.5. The number of carbonyl (C=O) groups is 1. The average molecular weight is 261 g/mol. The lowest BCUT2D eigenvalue weighted by Crippen LogP contribution is -2.44. The van der Waals surface area contributed by atoms with Gasteiger partial charge in [-0.1, -0.05) is 20.8 Å². The molecule has 1 amide bonds. The Bertz CT molecular complexity index is 466. The maximum atomic E-state index is 11.7. The molecule has 0 aromatic carbocycles. The van der Waals surface area contributed by atoms with E-state index in [1.165, 1.54) is 6.20 Å². The molecular weight excluding hydrogens is 242 g/mol. The quantitative estimate of drug-likeness (QED) is 0.787. The normalized spacial score (nSPS) is 10.1. The van der Waals surface area contributed by atoms with E-state index in [1.807, 2.05) is 26.8 Å². The molecule has 0 aliphatic carbocycles. The van der Waals surface area contributed by atoms with Crippen LogP contribution in [0.25, 0.3) is 0 Å². The van der Waals surface area contributed by atoms with Crippen LogP contribution >= 0.6 is 0 Å². The zero-order chi connectivity index (χ0) is 14.3. The number of aromatic nitrogens is 2. The van der Waals surface area contributed by atoms with E-state index in [9.17, 15) is 4.79 Å². The number of nitriles is 1. The molecule has 0 aliphatic rings. The fourth-order valence-electron chi connectivity index (χ4n) is 1.55. The van der Waals surface area contributed by atoms with Gasteiger partial charge in [-0.05, 0) is 12.3 Å². The van der Waals surface area contributed by atoms with Crippen LogP contribution in [0.15, 0.2) is 12.3 Å². The van der Waals surface area contributed by atoms with Crippen LogP contribution in [-0.4, -0.2) is 22.4 Å². The van der Waals surface area contributed by atoms with Crippen molar-refractivity contribution < 1.29 is 4.79 Å². The van der Waals surface area contributed by atoms with Crippen LogP contribution in [0.4, 0.5) is 5.82 Å². The number of hydrazine groups is 1. The van der Waals surface area contributed by atoms with E-state index in [0.717, 1.165) is 6.42 Å². The predicted molar refractivity (Wildman–Crippen MR) is 72.0 cm³/mol. The van der Waals surface area contributed by atoms with Gasteiger partial charge in [0.05, 0.1) is 0 Å². The third-order valence-corrected chi connectivity index (χ3v) is 2.30. The predicted octanol–water partition coefficient (Wildman–Crippen LogP) is 1.64. The molecule has 0 radical (unpaired) electrons. The molecule has 0 aliphatic heterocycles. The van der Waals surface area contributed by atoms with Crippen molar-refractivity contribution in [3.05, 3.63) is 18.1 Å². The lowest BCUT2D eigenvalue weighted by molar-refractivity contribution is -0.121. The Morgan fingerprint density at radius 1 is 1.58 bits per heavy atom. The molecule has 0 atom stereocenters. The summed E-state index contributed by atoms with van der Waals surface area (Å²) in [5.41, 5.74) is 2.81. The Hall–Kier alpha value is -2.16. The molecule has 0 fully saturated rings. The second-order valence-electron chi connectivity index (χ2n) is 4.64. The molecule has 0 saturated heterocycles. The van der Waals surface area contributed by atoms with E-state index in [0.29, 0.717) is 24.7 Å². The Kier molecular flexibility index (Phi) is 5.73. The molecule has 1 aromatic rings. The van der Waals surface area contributed by atoms with Gasteiger partial charge < -0.3 is 0 Å². The van der Waals surface area contributed by atoms with Gasteiger partial charge >= 0.3 is 0 Å². The van der Waals surface area contributed by atoms with Crippen LogP contribution in [0.1, 0.15) is 39.4 Å². The molecule has 0 spiro atoms. The summed E-state index contributed by atoms with van der Waals surface area (Å²) < 4.78 is 0. The first-order valence-electron chi connectivity index (χ1n) is 6.37. The molecule has 1 N–H and O–H groups in total. The van der Waals surface area contributed by atoms with E-state index >= 15 is 0 Å². The Morgan fingerprint density at radius 3 is 2.89 bits per heavy atom. The van der Waals surface area contributed by atoms with Crippen LogP contribution < -0.4 is 10.4 Å². The summed E-state index contributed by atoms with van der Waals surface area (Å²) in [6.45, 7) is 6.67. The van der Waals surface area contributed by atoms with Gasteiger partial charge in [-0.15, -0.1) is 0 Å². The maximum Gasteiger partial charge on any atom is 0.238 e. The van der Waals surface area contributed by atoms with E-state index in [4.69, 9.17) is 5.26 Å². The zero-order valence-corrected chi connectivity index (χ0v) is 11.6. The summed E-state index contributed by atoms with van der Waals surface area (Å²) in [6.07, 6.45) is 2.76. The molecule has 1 aromatic heterocycles. The highest BCUT2D eigenvalue weighted by molar-refractivity contribution is 5.77. The molecule has 6 nitrogen and oxygen atoms in total. The van der Waals surface area contributed by atoms with Gasteiger partial charge in [0, 0.05) is 25.2 Å². The summed E-state index contributed by atoms with van der Waals surface area (Å²) in [7, 11) is 0. The standard InChI is InChI=1S/C13H19N5O/c1-4-5-13(19)17-18(9-10(2)3)12-6-7-15-11(8-14)16-12/h6-7,10H,4-5,9H2,1-3H3,(H,17,19). The molecular formula is C13H19N5O. The minimum atomic E-state index is -0.0553. The molecule has 1 heterocycles. The second-order valence-corrected chi connectivity index (χ2v) is 4.64. The van der Waals surface area contributed by atoms with Crippen LogP contribution in [0.3, 0.4) is 0 Å². The van der Waals surface area contributed by atoms with Crippen molar-refractivity contribution in [2.45, 2.75) is 33.6 Å². The van der Waals surface area contributed by atoms with Crippen LogP contribution in [0, 0.1) is 17.2 Å². The zero-order valence-electron chi connectivity index (χ0n) is 11.6. The van der Waals surface area contributed by atoms with E-state index in [2.05, 4.69) is 15.4 Å². The Labute approximate surface area is 113 Å². The third-order valence-electron chi connectivity index (χ3n) is 2.30. The van der Waals surface area contributed by atoms with Crippen molar-refractivity contribution in [3.63, 3.8) is 0 Å². The number of anilines is 1. The molecule has 102 valence electrons. The minimum absolute atomic E-state index is 0.0553. The van der Waals surface area contributed by atoms with Crippen molar-refractivity contribution in [1.29, 1.82) is 5.26 Å². The first-order valence-corrected chi connectivity index (χ1v) is 6.37. The first kappa shape index (κ1) is 14.9. The lowest BCUT2D eigenvalue weighted by atomic mass is 10.2. The third kappa shape index (κ3) is 4.92. The maximum absolute atomic E-state index is 11.7. The molecule has 1 rings (SSSR count). The topological polar surface area (TPSA) is 81.9 Å². The van der Waals surface area contributed by atoms with Crippen molar-refractivity contribution in [1.82, 2.24) is 15.4 Å². The number of amides is 1. The summed E-state index contributed by atoms with van der Waals surface area (Å²) >= 11 is 0. The number of carbonyl (C=O) groups excluding carboxylic acids is 1. The largest absolute Gasteiger partial charge is 0.273 e. The van der Waals surface area contributed by atoms with Gasteiger partial charge in [0.2, 0.25) is 11.7 Å².